The molecule has 1 aliphatic heterocycles. The molecule has 0 aliphatic carbocycles. The maximum atomic E-state index is 11.3. The molecular weight excluding hydrogens is 200 g/mol. The zero-order valence-corrected chi connectivity index (χ0v) is 9.81. The largest absolute Gasteiger partial charge is 0.316 e. The molecule has 4 nitrogen and oxygen atoms in total. The van der Waals surface area contributed by atoms with Gasteiger partial charge in [0.2, 0.25) is 10.0 Å². The first-order valence-electron chi connectivity index (χ1n) is 5.20. The molecule has 1 aliphatic rings. The zero-order valence-electron chi connectivity index (χ0n) is 8.99. The summed E-state index contributed by atoms with van der Waals surface area (Å²) < 4.78 is 24.2. The van der Waals surface area contributed by atoms with Crippen LogP contribution in [0.25, 0.3) is 0 Å². The third-order valence-corrected chi connectivity index (χ3v) is 4.03. The fourth-order valence-corrected chi connectivity index (χ4v) is 2.82. The summed E-state index contributed by atoms with van der Waals surface area (Å²) in [5, 5.41) is 3.29. The van der Waals surface area contributed by atoms with Crippen molar-refractivity contribution >= 4 is 10.0 Å². The first kappa shape index (κ1) is 11.9. The second-order valence-corrected chi connectivity index (χ2v) is 5.91. The summed E-state index contributed by atoms with van der Waals surface area (Å²) in [5.41, 5.74) is 0. The Morgan fingerprint density at radius 2 is 2.21 bits per heavy atom. The maximum Gasteiger partial charge on any atom is 0.211 e. The highest BCUT2D eigenvalue weighted by molar-refractivity contribution is 7.88. The maximum absolute atomic E-state index is 11.3. The van der Waals surface area contributed by atoms with Crippen molar-refractivity contribution in [3.8, 4) is 0 Å². The Kier molecular flexibility index (Phi) is 4.34. The van der Waals surface area contributed by atoms with E-state index in [-0.39, 0.29) is 0 Å². The van der Waals surface area contributed by atoms with Gasteiger partial charge in [0, 0.05) is 13.1 Å². The van der Waals surface area contributed by atoms with Crippen LogP contribution in [-0.2, 0) is 10.0 Å². The number of sulfonamides is 1. The van der Waals surface area contributed by atoms with Crippen molar-refractivity contribution < 1.29 is 8.42 Å². The minimum atomic E-state index is -3.01. The molecule has 1 N–H and O–H groups in total. The predicted molar refractivity (Wildman–Crippen MR) is 57.7 cm³/mol. The van der Waals surface area contributed by atoms with Gasteiger partial charge in [-0.25, -0.2) is 12.7 Å². The number of rotatable bonds is 4. The summed E-state index contributed by atoms with van der Waals surface area (Å²) in [5.74, 6) is 0.485. The van der Waals surface area contributed by atoms with Crippen LogP contribution in [0.1, 0.15) is 19.8 Å². The first-order chi connectivity index (χ1) is 6.54. The van der Waals surface area contributed by atoms with E-state index in [9.17, 15) is 8.42 Å². The molecule has 0 bridgehead atoms. The SMILES string of the molecule is CCN(CC1CCCNC1)S(C)(=O)=O. The smallest absolute Gasteiger partial charge is 0.211 e. The third-order valence-electron chi connectivity index (χ3n) is 2.68. The molecule has 84 valence electrons. The highest BCUT2D eigenvalue weighted by Crippen LogP contribution is 2.13. The van der Waals surface area contributed by atoms with Crippen LogP contribution >= 0.6 is 0 Å². The Hall–Kier alpha value is -0.130. The van der Waals surface area contributed by atoms with Crippen LogP contribution in [0.5, 0.6) is 0 Å². The Morgan fingerprint density at radius 3 is 2.64 bits per heavy atom. The van der Waals surface area contributed by atoms with E-state index < -0.39 is 10.0 Å². The molecule has 1 saturated heterocycles. The Labute approximate surface area is 86.7 Å². The monoisotopic (exact) mass is 220 g/mol. The summed E-state index contributed by atoms with van der Waals surface area (Å²) in [6.45, 7) is 5.16. The van der Waals surface area contributed by atoms with Gasteiger partial charge in [0.15, 0.2) is 0 Å². The number of piperidine rings is 1. The standard InChI is InChI=1S/C9H20N2O2S/c1-3-11(14(2,12)13)8-9-5-4-6-10-7-9/h9-10H,3-8H2,1-2H3. The van der Waals surface area contributed by atoms with E-state index >= 15 is 0 Å². The van der Waals surface area contributed by atoms with Crippen molar-refractivity contribution in [2.24, 2.45) is 5.92 Å². The molecular formula is C9H20N2O2S. The average Bonchev–Trinajstić information content (AvgIpc) is 2.14. The van der Waals surface area contributed by atoms with E-state index in [4.69, 9.17) is 0 Å². The van der Waals surface area contributed by atoms with Crippen molar-refractivity contribution in [3.63, 3.8) is 0 Å². The molecule has 0 aromatic carbocycles. The first-order valence-corrected chi connectivity index (χ1v) is 7.04. The highest BCUT2D eigenvalue weighted by Gasteiger charge is 2.21. The van der Waals surface area contributed by atoms with Crippen LogP contribution in [0.4, 0.5) is 0 Å². The fourth-order valence-electron chi connectivity index (χ4n) is 1.87. The van der Waals surface area contributed by atoms with Crippen LogP contribution in [-0.4, -0.2) is 45.2 Å². The second kappa shape index (κ2) is 5.09. The summed E-state index contributed by atoms with van der Waals surface area (Å²) in [4.78, 5) is 0. The molecule has 0 radical (unpaired) electrons. The van der Waals surface area contributed by atoms with E-state index in [1.165, 1.54) is 6.26 Å². The molecule has 1 atom stereocenters. The quantitative estimate of drug-likeness (QED) is 0.740. The van der Waals surface area contributed by atoms with Gasteiger partial charge in [0.25, 0.3) is 0 Å². The van der Waals surface area contributed by atoms with E-state index in [0.717, 1.165) is 25.9 Å². The van der Waals surface area contributed by atoms with Crippen molar-refractivity contribution in [3.05, 3.63) is 0 Å². The zero-order chi connectivity index (χ0) is 10.6. The van der Waals surface area contributed by atoms with Gasteiger partial charge >= 0.3 is 0 Å². The normalized spacial score (nSPS) is 24.1. The average molecular weight is 220 g/mol. The number of hydrogen-bond donors (Lipinski definition) is 1. The van der Waals surface area contributed by atoms with Crippen LogP contribution in [0.3, 0.4) is 0 Å². The van der Waals surface area contributed by atoms with Gasteiger partial charge in [-0.15, -0.1) is 0 Å². The lowest BCUT2D eigenvalue weighted by molar-refractivity contribution is 0.299. The predicted octanol–water partition coefficient (Wildman–Crippen LogP) is 0.267. The van der Waals surface area contributed by atoms with E-state index in [1.807, 2.05) is 6.92 Å². The lowest BCUT2D eigenvalue weighted by Gasteiger charge is -2.27. The van der Waals surface area contributed by atoms with Gasteiger partial charge in [0.1, 0.15) is 0 Å². The highest BCUT2D eigenvalue weighted by atomic mass is 32.2. The van der Waals surface area contributed by atoms with Gasteiger partial charge in [-0.3, -0.25) is 0 Å². The van der Waals surface area contributed by atoms with E-state index in [1.54, 1.807) is 4.31 Å². The summed E-state index contributed by atoms with van der Waals surface area (Å²) in [6.07, 6.45) is 3.58. The van der Waals surface area contributed by atoms with Crippen molar-refractivity contribution in [2.75, 3.05) is 32.4 Å². The third kappa shape index (κ3) is 3.55. The van der Waals surface area contributed by atoms with Gasteiger partial charge in [-0.1, -0.05) is 6.92 Å². The molecule has 1 unspecified atom stereocenters. The Bertz CT molecular complexity index is 258. The van der Waals surface area contributed by atoms with Gasteiger partial charge < -0.3 is 5.32 Å². The second-order valence-electron chi connectivity index (χ2n) is 3.93. The lowest BCUT2D eigenvalue weighted by atomic mass is 10.00. The summed E-state index contributed by atoms with van der Waals surface area (Å²) in [7, 11) is -3.01. The molecule has 0 amide bonds. The van der Waals surface area contributed by atoms with Crippen molar-refractivity contribution in [1.82, 2.24) is 9.62 Å². The molecule has 1 heterocycles. The number of nitrogens with zero attached hydrogens (tertiary/aromatic N) is 1. The summed E-state index contributed by atoms with van der Waals surface area (Å²) >= 11 is 0. The van der Waals surface area contributed by atoms with Crippen LogP contribution in [0.2, 0.25) is 0 Å². The van der Waals surface area contributed by atoms with Crippen LogP contribution in [0.15, 0.2) is 0 Å². The molecule has 5 heteroatoms. The summed E-state index contributed by atoms with van der Waals surface area (Å²) in [6, 6.07) is 0. The van der Waals surface area contributed by atoms with Gasteiger partial charge in [0.05, 0.1) is 6.26 Å². The molecule has 1 fully saturated rings. The molecule has 0 saturated carbocycles. The van der Waals surface area contributed by atoms with Crippen molar-refractivity contribution in [2.45, 2.75) is 19.8 Å². The molecule has 14 heavy (non-hydrogen) atoms. The minimum absolute atomic E-state index is 0.485. The van der Waals surface area contributed by atoms with E-state index in [2.05, 4.69) is 5.32 Å². The van der Waals surface area contributed by atoms with Crippen molar-refractivity contribution in [1.29, 1.82) is 0 Å². The Morgan fingerprint density at radius 1 is 1.50 bits per heavy atom. The molecule has 0 aromatic heterocycles. The van der Waals surface area contributed by atoms with Gasteiger partial charge in [-0.2, -0.15) is 0 Å². The fraction of sp³-hybridized carbons (Fsp3) is 1.00. The minimum Gasteiger partial charge on any atom is -0.316 e. The van der Waals surface area contributed by atoms with E-state index in [0.29, 0.717) is 19.0 Å². The lowest BCUT2D eigenvalue weighted by Crippen LogP contribution is -2.40. The molecule has 0 aromatic rings. The van der Waals surface area contributed by atoms with Crippen LogP contribution < -0.4 is 5.32 Å². The molecule has 0 spiro atoms. The van der Waals surface area contributed by atoms with Crippen LogP contribution in [0, 0.1) is 5.92 Å². The Balaban J connectivity index is 2.47. The number of nitrogens with one attached hydrogen (secondary N) is 1. The van der Waals surface area contributed by atoms with Gasteiger partial charge in [-0.05, 0) is 31.8 Å². The topological polar surface area (TPSA) is 49.4 Å². The molecule has 1 rings (SSSR count). The number of hydrogen-bond acceptors (Lipinski definition) is 3.